The third-order valence-electron chi connectivity index (χ3n) is 6.27. The van der Waals surface area contributed by atoms with Gasteiger partial charge < -0.3 is 15.3 Å². The molecule has 5 rings (SSSR count). The maximum absolute atomic E-state index is 13.3. The number of carbonyl (C=O) groups is 1. The van der Waals surface area contributed by atoms with E-state index in [0.29, 0.717) is 25.7 Å². The molecule has 0 amide bonds. The normalized spacial score (nSPS) is 45.4. The molecule has 0 spiro atoms. The number of rotatable bonds is 3. The van der Waals surface area contributed by atoms with Crippen LogP contribution in [0.1, 0.15) is 37.7 Å². The summed E-state index contributed by atoms with van der Waals surface area (Å²) >= 11 is 0. The summed E-state index contributed by atoms with van der Waals surface area (Å²) < 4.78 is 13.3. The van der Waals surface area contributed by atoms with E-state index >= 15 is 0 Å². The Labute approximate surface area is 127 Å². The fourth-order valence-electron chi connectivity index (χ4n) is 5.79. The average molecular weight is 306 g/mol. The highest BCUT2D eigenvalue weighted by atomic mass is 19.1. The van der Waals surface area contributed by atoms with Gasteiger partial charge in [-0.3, -0.25) is 4.79 Å². The van der Waals surface area contributed by atoms with Crippen molar-refractivity contribution >= 4 is 5.97 Å². The Hall–Kier alpha value is -1.46. The molecule has 4 saturated carbocycles. The summed E-state index contributed by atoms with van der Waals surface area (Å²) in [6.45, 7) is 0. The van der Waals surface area contributed by atoms with Crippen LogP contribution in [0.15, 0.2) is 24.3 Å². The summed E-state index contributed by atoms with van der Waals surface area (Å²) in [6.07, 6.45) is 1.68. The number of carboxylic acid groups (broad SMARTS) is 1. The largest absolute Gasteiger partial charge is 0.481 e. The van der Waals surface area contributed by atoms with E-state index in [4.69, 9.17) is 0 Å². The van der Waals surface area contributed by atoms with Crippen LogP contribution in [0.3, 0.4) is 0 Å². The molecule has 4 aliphatic rings. The smallest absolute Gasteiger partial charge is 0.304 e. The van der Waals surface area contributed by atoms with Crippen molar-refractivity contribution in [2.45, 2.75) is 48.7 Å². The van der Waals surface area contributed by atoms with Crippen LogP contribution in [0.4, 0.5) is 4.39 Å². The van der Waals surface area contributed by atoms with Gasteiger partial charge in [0.15, 0.2) is 0 Å². The fraction of sp³-hybridized carbons (Fsp3) is 0.588. The summed E-state index contributed by atoms with van der Waals surface area (Å²) in [4.78, 5) is 11.5. The van der Waals surface area contributed by atoms with Gasteiger partial charge in [0.25, 0.3) is 0 Å². The van der Waals surface area contributed by atoms with E-state index in [1.165, 1.54) is 12.1 Å². The number of aliphatic hydroxyl groups is 2. The second-order valence-corrected chi connectivity index (χ2v) is 7.48. The number of benzene rings is 1. The van der Waals surface area contributed by atoms with Gasteiger partial charge in [0.2, 0.25) is 0 Å². The predicted molar refractivity (Wildman–Crippen MR) is 75.7 cm³/mol. The zero-order valence-corrected chi connectivity index (χ0v) is 12.1. The summed E-state index contributed by atoms with van der Waals surface area (Å²) in [5.74, 6) is -1.66. The molecule has 4 nitrogen and oxygen atoms in total. The highest BCUT2D eigenvalue weighted by molar-refractivity contribution is 5.70. The Kier molecular flexibility index (Phi) is 2.63. The first-order chi connectivity index (χ1) is 10.3. The van der Waals surface area contributed by atoms with Crippen molar-refractivity contribution in [3.05, 3.63) is 35.6 Å². The van der Waals surface area contributed by atoms with Crippen LogP contribution >= 0.6 is 0 Å². The van der Waals surface area contributed by atoms with Crippen LogP contribution < -0.4 is 0 Å². The molecule has 4 aliphatic carbocycles. The van der Waals surface area contributed by atoms with Gasteiger partial charge >= 0.3 is 5.97 Å². The van der Waals surface area contributed by atoms with Gasteiger partial charge in [-0.1, -0.05) is 12.1 Å². The average Bonchev–Trinajstić information content (AvgIpc) is 2.70. The van der Waals surface area contributed by atoms with E-state index < -0.39 is 22.6 Å². The van der Waals surface area contributed by atoms with E-state index in [1.807, 2.05) is 0 Å². The van der Waals surface area contributed by atoms with Crippen molar-refractivity contribution in [3.8, 4) is 0 Å². The predicted octanol–water partition coefficient (Wildman–Crippen LogP) is 1.83. The first kappa shape index (κ1) is 14.2. The molecule has 5 atom stereocenters. The molecule has 1 aromatic carbocycles. The van der Waals surface area contributed by atoms with Gasteiger partial charge in [0, 0.05) is 17.8 Å². The topological polar surface area (TPSA) is 77.8 Å². The quantitative estimate of drug-likeness (QED) is 0.796. The van der Waals surface area contributed by atoms with Gasteiger partial charge in [-0.15, -0.1) is 0 Å². The third kappa shape index (κ3) is 1.66. The molecule has 0 aliphatic heterocycles. The number of carboxylic acids is 1. The number of hydrogen-bond donors (Lipinski definition) is 3. The monoisotopic (exact) mass is 306 g/mol. The van der Waals surface area contributed by atoms with Crippen LogP contribution in [0.5, 0.6) is 0 Å². The van der Waals surface area contributed by atoms with Crippen LogP contribution in [-0.4, -0.2) is 32.5 Å². The molecule has 3 N–H and O–H groups in total. The number of hydrogen-bond acceptors (Lipinski definition) is 3. The van der Waals surface area contributed by atoms with Gasteiger partial charge in [0.05, 0.1) is 17.6 Å². The van der Waals surface area contributed by atoms with Crippen molar-refractivity contribution in [2.75, 3.05) is 0 Å². The van der Waals surface area contributed by atoms with Crippen molar-refractivity contribution < 1.29 is 24.5 Å². The van der Waals surface area contributed by atoms with E-state index in [9.17, 15) is 24.5 Å². The van der Waals surface area contributed by atoms with Gasteiger partial charge in [0.1, 0.15) is 5.82 Å². The summed E-state index contributed by atoms with van der Waals surface area (Å²) in [5, 5.41) is 31.0. The van der Waals surface area contributed by atoms with Crippen molar-refractivity contribution in [1.29, 1.82) is 0 Å². The lowest BCUT2D eigenvalue weighted by atomic mass is 9.58. The van der Waals surface area contributed by atoms with Crippen LogP contribution in [0.25, 0.3) is 0 Å². The molecule has 0 heterocycles. The number of aliphatic carboxylic acids is 1. The fourth-order valence-corrected chi connectivity index (χ4v) is 5.79. The Bertz CT molecular complexity index is 643. The lowest BCUT2D eigenvalue weighted by Gasteiger charge is -2.46. The number of halogens is 1. The first-order valence-electron chi connectivity index (χ1n) is 7.70. The minimum absolute atomic E-state index is 0.0865. The maximum atomic E-state index is 13.3. The van der Waals surface area contributed by atoms with Gasteiger partial charge in [-0.25, -0.2) is 4.39 Å². The highest BCUT2D eigenvalue weighted by Crippen LogP contribution is 2.71. The molecular weight excluding hydrogens is 287 g/mol. The molecule has 0 radical (unpaired) electrons. The molecule has 2 unspecified atom stereocenters. The highest BCUT2D eigenvalue weighted by Gasteiger charge is 2.73. The van der Waals surface area contributed by atoms with Crippen LogP contribution in [0, 0.1) is 17.7 Å². The minimum Gasteiger partial charge on any atom is -0.481 e. The van der Waals surface area contributed by atoms with Crippen molar-refractivity contribution in [3.63, 3.8) is 0 Å². The van der Waals surface area contributed by atoms with Gasteiger partial charge in [-0.2, -0.15) is 0 Å². The first-order valence-corrected chi connectivity index (χ1v) is 7.70. The zero-order valence-electron chi connectivity index (χ0n) is 12.1. The van der Waals surface area contributed by atoms with E-state index in [1.54, 1.807) is 12.1 Å². The van der Waals surface area contributed by atoms with E-state index in [2.05, 4.69) is 0 Å². The van der Waals surface area contributed by atoms with E-state index in [0.717, 1.165) is 5.56 Å². The molecule has 0 aromatic heterocycles. The summed E-state index contributed by atoms with van der Waals surface area (Å²) in [6, 6.07) is 5.96. The Balaban J connectivity index is 1.87. The molecule has 4 bridgehead atoms. The molecule has 118 valence electrons. The van der Waals surface area contributed by atoms with Crippen LogP contribution in [0.2, 0.25) is 0 Å². The molecule has 5 heteroatoms. The van der Waals surface area contributed by atoms with Crippen LogP contribution in [-0.2, 0) is 10.2 Å². The van der Waals surface area contributed by atoms with Crippen molar-refractivity contribution in [1.82, 2.24) is 0 Å². The lowest BCUT2D eigenvalue weighted by molar-refractivity contribution is -0.141. The molecule has 1 aromatic rings. The molecular formula is C17H19FO4. The standard InChI is InChI=1S/C17H19FO4/c18-12-3-1-10(2-4-12)17(8-14(19)20)11-5-15(21)7-13(17)16(22,6-11)9-15/h1-4,11,13,21-22H,5-9H2,(H,19,20)/t11?,13?,15-,16-,17-/m0/s1. The summed E-state index contributed by atoms with van der Waals surface area (Å²) in [7, 11) is 0. The Morgan fingerprint density at radius 1 is 1.18 bits per heavy atom. The second-order valence-electron chi connectivity index (χ2n) is 7.48. The van der Waals surface area contributed by atoms with Crippen molar-refractivity contribution in [2.24, 2.45) is 11.8 Å². The lowest BCUT2D eigenvalue weighted by Crippen LogP contribution is -2.48. The Morgan fingerprint density at radius 3 is 2.45 bits per heavy atom. The minimum atomic E-state index is -0.999. The molecule has 22 heavy (non-hydrogen) atoms. The Morgan fingerprint density at radius 2 is 1.86 bits per heavy atom. The SMILES string of the molecule is O=C(O)C[C@]1(c2ccc(F)cc2)C2C[C@]3(O)CC1[C@](O)(C2)C3. The second kappa shape index (κ2) is 4.09. The zero-order chi connectivity index (χ0) is 15.8. The van der Waals surface area contributed by atoms with Gasteiger partial charge in [-0.05, 0) is 42.9 Å². The molecule has 4 fully saturated rings. The molecule has 0 saturated heterocycles. The maximum Gasteiger partial charge on any atom is 0.304 e. The third-order valence-corrected chi connectivity index (χ3v) is 6.27. The summed E-state index contributed by atoms with van der Waals surface area (Å²) in [5.41, 5.74) is -1.81. The van der Waals surface area contributed by atoms with E-state index in [-0.39, 0.29) is 24.1 Å².